The number of benzene rings is 1. The van der Waals surface area contributed by atoms with Gasteiger partial charge < -0.3 is 21.4 Å². The molecule has 1 aromatic rings. The average molecular weight is 364 g/mol. The van der Waals surface area contributed by atoms with Crippen molar-refractivity contribution in [3.05, 3.63) is 24.3 Å². The Labute approximate surface area is 149 Å². The largest absolute Gasteiger partial charge is 0.357 e. The molecule has 5 N–H and O–H groups in total. The third-order valence-electron chi connectivity index (χ3n) is 3.06. The standard InChI is InChI=1S/C15H20N6O3S/c1-17-14(23)13(19-9-22)8-18-15(24)12(7-16)21-20-10-3-5-11(25-2)6-4-10/h3-7,9,13,16,20H,8H2,1-2H3,(H,17,23)(H,18,24)(H,19,22)/b16-7?,21-12+/t13-/m1/s1. The number of nitrogens with one attached hydrogen (secondary N) is 5. The zero-order chi connectivity index (χ0) is 18.7. The molecule has 1 atom stereocenters. The molecule has 0 heterocycles. The van der Waals surface area contributed by atoms with Gasteiger partial charge in [0.25, 0.3) is 5.91 Å². The number of carbonyl (C=O) groups is 3. The fourth-order valence-corrected chi connectivity index (χ4v) is 2.12. The summed E-state index contributed by atoms with van der Waals surface area (Å²) in [5, 5.41) is 18.3. The van der Waals surface area contributed by atoms with Crippen molar-refractivity contribution in [2.24, 2.45) is 5.10 Å². The molecule has 0 aromatic heterocycles. The van der Waals surface area contributed by atoms with Gasteiger partial charge in [-0.2, -0.15) is 5.10 Å². The van der Waals surface area contributed by atoms with Gasteiger partial charge in [-0.25, -0.2) is 0 Å². The number of rotatable bonds is 10. The third-order valence-corrected chi connectivity index (χ3v) is 3.81. The summed E-state index contributed by atoms with van der Waals surface area (Å²) in [6.45, 7) is -0.132. The van der Waals surface area contributed by atoms with Gasteiger partial charge in [-0.3, -0.25) is 19.8 Å². The summed E-state index contributed by atoms with van der Waals surface area (Å²) in [7, 11) is 1.42. The molecule has 0 fully saturated rings. The Balaban J connectivity index is 2.67. The van der Waals surface area contributed by atoms with Crippen LogP contribution in [0.4, 0.5) is 5.69 Å². The third kappa shape index (κ3) is 6.63. The first-order chi connectivity index (χ1) is 12.0. The first kappa shape index (κ1) is 20.2. The van der Waals surface area contributed by atoms with Crippen LogP contribution in [0.1, 0.15) is 0 Å². The van der Waals surface area contributed by atoms with Crippen molar-refractivity contribution in [2.45, 2.75) is 10.9 Å². The number of amides is 3. The van der Waals surface area contributed by atoms with E-state index in [9.17, 15) is 14.4 Å². The summed E-state index contributed by atoms with van der Waals surface area (Å²) < 4.78 is 0. The quantitative estimate of drug-likeness (QED) is 0.170. The highest BCUT2D eigenvalue weighted by atomic mass is 32.2. The Morgan fingerprint density at radius 3 is 2.52 bits per heavy atom. The van der Waals surface area contributed by atoms with Gasteiger partial charge in [-0.15, -0.1) is 11.8 Å². The van der Waals surface area contributed by atoms with Crippen molar-refractivity contribution in [3.8, 4) is 0 Å². The maximum Gasteiger partial charge on any atom is 0.273 e. The van der Waals surface area contributed by atoms with E-state index in [2.05, 4.69) is 26.5 Å². The maximum absolute atomic E-state index is 12.0. The summed E-state index contributed by atoms with van der Waals surface area (Å²) in [5.41, 5.74) is 3.18. The van der Waals surface area contributed by atoms with E-state index in [1.165, 1.54) is 7.05 Å². The summed E-state index contributed by atoms with van der Waals surface area (Å²) >= 11 is 1.60. The highest BCUT2D eigenvalue weighted by Crippen LogP contribution is 2.17. The van der Waals surface area contributed by atoms with Crippen LogP contribution >= 0.6 is 11.8 Å². The number of likely N-dealkylation sites (N-methyl/N-ethyl adjacent to an activating group) is 1. The van der Waals surface area contributed by atoms with Gasteiger partial charge in [-0.1, -0.05) is 0 Å². The Morgan fingerprint density at radius 1 is 1.32 bits per heavy atom. The van der Waals surface area contributed by atoms with Crippen LogP contribution in [0.25, 0.3) is 0 Å². The molecule has 1 rings (SSSR count). The second-order valence-electron chi connectivity index (χ2n) is 4.64. The molecule has 9 nitrogen and oxygen atoms in total. The van der Waals surface area contributed by atoms with Gasteiger partial charge in [0.2, 0.25) is 12.3 Å². The number of anilines is 1. The summed E-state index contributed by atoms with van der Waals surface area (Å²) in [6, 6.07) is 6.47. The SMILES string of the molecule is CNC(=O)[C@@H](CNC(=O)/C(C=N)=N/Nc1ccc(SC)cc1)NC=O. The number of thioether (sulfide) groups is 1. The molecule has 134 valence electrons. The van der Waals surface area contributed by atoms with Crippen molar-refractivity contribution >= 4 is 47.6 Å². The van der Waals surface area contributed by atoms with Gasteiger partial charge in [0.15, 0.2) is 5.71 Å². The summed E-state index contributed by atoms with van der Waals surface area (Å²) in [6.07, 6.45) is 3.13. The molecule has 0 aliphatic carbocycles. The van der Waals surface area contributed by atoms with E-state index < -0.39 is 17.9 Å². The first-order valence-electron chi connectivity index (χ1n) is 7.23. The first-order valence-corrected chi connectivity index (χ1v) is 8.45. The molecule has 25 heavy (non-hydrogen) atoms. The minimum atomic E-state index is -0.912. The van der Waals surface area contributed by atoms with Crippen LogP contribution in [0.15, 0.2) is 34.3 Å². The zero-order valence-electron chi connectivity index (χ0n) is 13.8. The van der Waals surface area contributed by atoms with E-state index in [-0.39, 0.29) is 12.3 Å². The van der Waals surface area contributed by atoms with Crippen LogP contribution in [0, 0.1) is 5.41 Å². The molecule has 10 heteroatoms. The Morgan fingerprint density at radius 2 is 2.00 bits per heavy atom. The van der Waals surface area contributed by atoms with Crippen molar-refractivity contribution in [3.63, 3.8) is 0 Å². The Hall–Kier alpha value is -2.88. The molecule has 0 bridgehead atoms. The fourth-order valence-electron chi connectivity index (χ4n) is 1.71. The van der Waals surface area contributed by atoms with Gasteiger partial charge >= 0.3 is 0 Å². The van der Waals surface area contributed by atoms with Crippen LogP contribution in [0.2, 0.25) is 0 Å². The molecule has 0 radical (unpaired) electrons. The molecule has 0 spiro atoms. The van der Waals surface area contributed by atoms with Gasteiger partial charge in [-0.05, 0) is 30.5 Å². The van der Waals surface area contributed by atoms with Crippen LogP contribution in [-0.4, -0.2) is 56.0 Å². The zero-order valence-corrected chi connectivity index (χ0v) is 14.6. The van der Waals surface area contributed by atoms with Crippen LogP contribution in [-0.2, 0) is 14.4 Å². The summed E-state index contributed by atoms with van der Waals surface area (Å²) in [4.78, 5) is 35.2. The molecule has 0 aliphatic rings. The topological polar surface area (TPSA) is 136 Å². The predicted molar refractivity (Wildman–Crippen MR) is 98.1 cm³/mol. The molecule has 0 saturated carbocycles. The van der Waals surface area contributed by atoms with Crippen LogP contribution in [0.3, 0.4) is 0 Å². The lowest BCUT2D eigenvalue weighted by Crippen LogP contribution is -2.50. The molecule has 3 amide bonds. The van der Waals surface area contributed by atoms with E-state index in [4.69, 9.17) is 5.41 Å². The normalized spacial score (nSPS) is 11.8. The highest BCUT2D eigenvalue weighted by molar-refractivity contribution is 7.98. The number of hydrazone groups is 1. The molecular weight excluding hydrogens is 344 g/mol. The van der Waals surface area contributed by atoms with Gasteiger partial charge in [0.05, 0.1) is 11.9 Å². The molecular formula is C15H20N6O3S. The number of carbonyl (C=O) groups excluding carboxylic acids is 3. The van der Waals surface area contributed by atoms with Crippen molar-refractivity contribution in [2.75, 3.05) is 25.3 Å². The molecule has 0 unspecified atom stereocenters. The number of hydrogen-bond donors (Lipinski definition) is 5. The van der Waals surface area contributed by atoms with E-state index in [0.29, 0.717) is 12.1 Å². The van der Waals surface area contributed by atoms with E-state index in [0.717, 1.165) is 11.1 Å². The molecule has 1 aromatic carbocycles. The van der Waals surface area contributed by atoms with E-state index >= 15 is 0 Å². The van der Waals surface area contributed by atoms with Crippen molar-refractivity contribution in [1.82, 2.24) is 16.0 Å². The van der Waals surface area contributed by atoms with Gasteiger partial charge in [0.1, 0.15) is 6.04 Å². The number of nitrogens with zero attached hydrogens (tertiary/aromatic N) is 1. The fraction of sp³-hybridized carbons (Fsp3) is 0.267. The molecule has 0 saturated heterocycles. The monoisotopic (exact) mass is 364 g/mol. The minimum absolute atomic E-state index is 0.132. The van der Waals surface area contributed by atoms with Crippen LogP contribution in [0.5, 0.6) is 0 Å². The second-order valence-corrected chi connectivity index (χ2v) is 5.52. The summed E-state index contributed by atoms with van der Waals surface area (Å²) in [5.74, 6) is -1.10. The second kappa shape index (κ2) is 10.8. The minimum Gasteiger partial charge on any atom is -0.357 e. The highest BCUT2D eigenvalue weighted by Gasteiger charge is 2.18. The Kier molecular flexibility index (Phi) is 8.72. The lowest BCUT2D eigenvalue weighted by Gasteiger charge is -2.15. The number of hydrogen-bond acceptors (Lipinski definition) is 7. The molecule has 0 aliphatic heterocycles. The van der Waals surface area contributed by atoms with Crippen molar-refractivity contribution < 1.29 is 14.4 Å². The maximum atomic E-state index is 12.0. The van der Waals surface area contributed by atoms with E-state index in [1.807, 2.05) is 18.4 Å². The van der Waals surface area contributed by atoms with Gasteiger partial charge in [0, 0.05) is 18.5 Å². The predicted octanol–water partition coefficient (Wildman–Crippen LogP) is -0.197. The lowest BCUT2D eigenvalue weighted by molar-refractivity contribution is -0.125. The lowest BCUT2D eigenvalue weighted by atomic mass is 10.2. The van der Waals surface area contributed by atoms with Crippen molar-refractivity contribution in [1.29, 1.82) is 5.41 Å². The smallest absolute Gasteiger partial charge is 0.273 e. The Bertz CT molecular complexity index is 647. The van der Waals surface area contributed by atoms with E-state index in [1.54, 1.807) is 23.9 Å². The van der Waals surface area contributed by atoms with Crippen LogP contribution < -0.4 is 21.4 Å². The average Bonchev–Trinajstić information content (AvgIpc) is 2.65.